The van der Waals surface area contributed by atoms with Crippen molar-refractivity contribution in [2.24, 2.45) is 0 Å². The van der Waals surface area contributed by atoms with Crippen molar-refractivity contribution in [2.75, 3.05) is 13.1 Å². The second-order valence-electron chi connectivity index (χ2n) is 7.70. The molecule has 5 nitrogen and oxygen atoms in total. The van der Waals surface area contributed by atoms with Crippen LogP contribution in [0.3, 0.4) is 0 Å². The van der Waals surface area contributed by atoms with Crippen molar-refractivity contribution in [3.63, 3.8) is 0 Å². The molecule has 0 aliphatic carbocycles. The number of aromatic carboxylic acids is 1. The second-order valence-corrected chi connectivity index (χ2v) is 7.70. The molecule has 0 unspecified atom stereocenters. The van der Waals surface area contributed by atoms with E-state index < -0.39 is 5.97 Å². The minimum atomic E-state index is -0.940. The molecule has 0 saturated carbocycles. The second kappa shape index (κ2) is 9.65. The summed E-state index contributed by atoms with van der Waals surface area (Å²) in [6.45, 7) is 2.54. The summed E-state index contributed by atoms with van der Waals surface area (Å²) in [4.78, 5) is 17.6. The van der Waals surface area contributed by atoms with Crippen molar-refractivity contribution in [2.45, 2.75) is 31.6 Å². The number of carboxylic acid groups (broad SMARTS) is 1. The van der Waals surface area contributed by atoms with Crippen molar-refractivity contribution in [1.82, 2.24) is 9.88 Å². The highest BCUT2D eigenvalue weighted by atomic mass is 16.5. The Labute approximate surface area is 177 Å². The number of carbonyl (C=O) groups is 1. The molecule has 2 aromatic carbocycles. The Bertz CT molecular complexity index is 915. The molecule has 2 heterocycles. The number of carboxylic acids is 1. The lowest BCUT2D eigenvalue weighted by atomic mass is 10.00. The van der Waals surface area contributed by atoms with Crippen molar-refractivity contribution in [3.05, 3.63) is 101 Å². The molecular weight excluding hydrogens is 376 g/mol. The molecule has 30 heavy (non-hydrogen) atoms. The average molecular weight is 402 g/mol. The van der Waals surface area contributed by atoms with Crippen LogP contribution in [0.15, 0.2) is 79.1 Å². The molecule has 1 N–H and O–H groups in total. The zero-order valence-electron chi connectivity index (χ0n) is 16.9. The fourth-order valence-corrected chi connectivity index (χ4v) is 3.95. The van der Waals surface area contributed by atoms with Crippen molar-refractivity contribution >= 4 is 5.97 Å². The van der Waals surface area contributed by atoms with E-state index in [1.54, 1.807) is 12.3 Å². The van der Waals surface area contributed by atoms with Crippen LogP contribution >= 0.6 is 0 Å². The lowest BCUT2D eigenvalue weighted by molar-refractivity contribution is -0.0281. The van der Waals surface area contributed by atoms with Crippen LogP contribution < -0.4 is 0 Å². The Morgan fingerprint density at radius 3 is 2.17 bits per heavy atom. The Morgan fingerprint density at radius 1 is 1.00 bits per heavy atom. The number of piperidine rings is 1. The molecular formula is C25H26N2O3. The molecule has 1 saturated heterocycles. The molecule has 1 aliphatic rings. The van der Waals surface area contributed by atoms with E-state index in [0.717, 1.165) is 31.5 Å². The predicted octanol–water partition coefficient (Wildman–Crippen LogP) is 4.55. The summed E-state index contributed by atoms with van der Waals surface area (Å²) in [6.07, 6.45) is 5.15. The minimum absolute atomic E-state index is 0.0691. The van der Waals surface area contributed by atoms with Gasteiger partial charge in [0.25, 0.3) is 0 Å². The van der Waals surface area contributed by atoms with E-state index in [1.165, 1.54) is 17.3 Å². The van der Waals surface area contributed by atoms with Gasteiger partial charge in [0, 0.05) is 32.0 Å². The first-order chi connectivity index (χ1) is 14.7. The Kier molecular flexibility index (Phi) is 6.52. The van der Waals surface area contributed by atoms with E-state index in [1.807, 2.05) is 12.1 Å². The number of likely N-dealkylation sites (tertiary alicyclic amines) is 1. The first-order valence-electron chi connectivity index (χ1n) is 10.3. The summed E-state index contributed by atoms with van der Waals surface area (Å²) < 4.78 is 6.60. The number of ether oxygens (including phenoxy) is 1. The topological polar surface area (TPSA) is 62.7 Å². The number of aromatic nitrogens is 1. The maximum atomic E-state index is 11.2. The van der Waals surface area contributed by atoms with Gasteiger partial charge in [0.05, 0.1) is 11.7 Å². The molecule has 0 amide bonds. The molecule has 5 heteroatoms. The lowest BCUT2D eigenvalue weighted by Crippen LogP contribution is -2.37. The largest absolute Gasteiger partial charge is 0.478 e. The number of pyridine rings is 1. The Hall–Kier alpha value is -3.02. The van der Waals surface area contributed by atoms with Gasteiger partial charge in [-0.3, -0.25) is 9.88 Å². The molecule has 1 fully saturated rings. The van der Waals surface area contributed by atoms with Gasteiger partial charge in [0.15, 0.2) is 0 Å². The predicted molar refractivity (Wildman–Crippen MR) is 115 cm³/mol. The van der Waals surface area contributed by atoms with Crippen LogP contribution in [0, 0.1) is 0 Å². The van der Waals surface area contributed by atoms with Crippen LogP contribution in [0.4, 0.5) is 0 Å². The third-order valence-electron chi connectivity index (χ3n) is 5.52. The first-order valence-corrected chi connectivity index (χ1v) is 10.3. The van der Waals surface area contributed by atoms with Crippen molar-refractivity contribution < 1.29 is 14.6 Å². The van der Waals surface area contributed by atoms with Crippen LogP contribution in [0.25, 0.3) is 0 Å². The van der Waals surface area contributed by atoms with Gasteiger partial charge in [0.2, 0.25) is 0 Å². The van der Waals surface area contributed by atoms with Gasteiger partial charge in [-0.25, -0.2) is 4.79 Å². The van der Waals surface area contributed by atoms with Crippen LogP contribution in [0.5, 0.6) is 0 Å². The fraction of sp³-hybridized carbons (Fsp3) is 0.280. The van der Waals surface area contributed by atoms with Crippen molar-refractivity contribution in [3.8, 4) is 0 Å². The smallest absolute Gasteiger partial charge is 0.337 e. The summed E-state index contributed by atoms with van der Waals surface area (Å²) in [5, 5.41) is 9.15. The standard InChI is InChI=1S/C25H26N2O3/c28-25(29)22-15-19(16-26-17-22)18-27-13-11-23(12-14-27)30-24(20-7-3-1-4-8-20)21-9-5-2-6-10-21/h1-10,15-17,23-24H,11-14,18H2,(H,28,29). The van der Waals surface area contributed by atoms with E-state index in [-0.39, 0.29) is 17.8 Å². The summed E-state index contributed by atoms with van der Waals surface area (Å²) in [7, 11) is 0. The Balaban J connectivity index is 1.38. The third-order valence-corrected chi connectivity index (χ3v) is 5.52. The molecule has 4 rings (SSSR count). The van der Waals surface area contributed by atoms with Gasteiger partial charge in [-0.05, 0) is 35.6 Å². The van der Waals surface area contributed by atoms with Gasteiger partial charge in [-0.15, -0.1) is 0 Å². The number of hydrogen-bond donors (Lipinski definition) is 1. The van der Waals surface area contributed by atoms with Gasteiger partial charge in [-0.2, -0.15) is 0 Å². The van der Waals surface area contributed by atoms with E-state index >= 15 is 0 Å². The van der Waals surface area contributed by atoms with E-state index in [9.17, 15) is 4.79 Å². The number of rotatable bonds is 7. The van der Waals surface area contributed by atoms with E-state index in [2.05, 4.69) is 58.4 Å². The summed E-state index contributed by atoms with van der Waals surface area (Å²) >= 11 is 0. The van der Waals surface area contributed by atoms with Gasteiger partial charge in [-0.1, -0.05) is 60.7 Å². The molecule has 0 atom stereocenters. The van der Waals surface area contributed by atoms with Crippen LogP contribution in [-0.4, -0.2) is 40.2 Å². The van der Waals surface area contributed by atoms with Crippen LogP contribution in [0.2, 0.25) is 0 Å². The highest BCUT2D eigenvalue weighted by molar-refractivity contribution is 5.87. The molecule has 1 aliphatic heterocycles. The Morgan fingerprint density at radius 2 is 1.60 bits per heavy atom. The summed E-state index contributed by atoms with van der Waals surface area (Å²) in [5.41, 5.74) is 3.50. The molecule has 0 spiro atoms. The maximum absolute atomic E-state index is 11.2. The average Bonchev–Trinajstić information content (AvgIpc) is 2.80. The fourth-order valence-electron chi connectivity index (χ4n) is 3.95. The zero-order chi connectivity index (χ0) is 20.8. The van der Waals surface area contributed by atoms with Crippen LogP contribution in [-0.2, 0) is 11.3 Å². The van der Waals surface area contributed by atoms with E-state index in [4.69, 9.17) is 9.84 Å². The summed E-state index contributed by atoms with van der Waals surface area (Å²) in [5.74, 6) is -0.940. The minimum Gasteiger partial charge on any atom is -0.478 e. The maximum Gasteiger partial charge on any atom is 0.337 e. The van der Waals surface area contributed by atoms with E-state index in [0.29, 0.717) is 6.54 Å². The highest BCUT2D eigenvalue weighted by Gasteiger charge is 2.25. The number of hydrogen-bond acceptors (Lipinski definition) is 4. The molecule has 0 bridgehead atoms. The zero-order valence-corrected chi connectivity index (χ0v) is 16.9. The van der Waals surface area contributed by atoms with Crippen molar-refractivity contribution in [1.29, 1.82) is 0 Å². The third kappa shape index (κ3) is 5.12. The monoisotopic (exact) mass is 402 g/mol. The lowest BCUT2D eigenvalue weighted by Gasteiger charge is -2.34. The van der Waals surface area contributed by atoms with Crippen LogP contribution in [0.1, 0.15) is 46.0 Å². The molecule has 154 valence electrons. The quantitative estimate of drug-likeness (QED) is 0.628. The SMILES string of the molecule is O=C(O)c1cncc(CN2CCC(OC(c3ccccc3)c3ccccc3)CC2)c1. The molecule has 3 aromatic rings. The first kappa shape index (κ1) is 20.3. The molecule has 1 aromatic heterocycles. The molecule has 0 radical (unpaired) electrons. The van der Waals surface area contributed by atoms with Gasteiger partial charge in [0.1, 0.15) is 6.10 Å². The van der Waals surface area contributed by atoms with Gasteiger partial charge < -0.3 is 9.84 Å². The van der Waals surface area contributed by atoms with Gasteiger partial charge >= 0.3 is 5.97 Å². The highest BCUT2D eigenvalue weighted by Crippen LogP contribution is 2.30. The summed E-state index contributed by atoms with van der Waals surface area (Å²) in [6, 6.07) is 22.4. The number of benzene rings is 2. The normalized spacial score (nSPS) is 15.4. The number of nitrogens with zero attached hydrogens (tertiary/aromatic N) is 2.